The maximum atomic E-state index is 5.30. The predicted molar refractivity (Wildman–Crippen MR) is 78.1 cm³/mol. The van der Waals surface area contributed by atoms with Crippen molar-refractivity contribution >= 4 is 15.9 Å². The van der Waals surface area contributed by atoms with Crippen LogP contribution in [-0.2, 0) is 6.54 Å². The van der Waals surface area contributed by atoms with Crippen molar-refractivity contribution in [3.05, 3.63) is 28.2 Å². The number of ether oxygens (including phenoxy) is 1. The highest BCUT2D eigenvalue weighted by atomic mass is 79.9. The number of hydrogen-bond acceptors (Lipinski definition) is 3. The van der Waals surface area contributed by atoms with Gasteiger partial charge in [-0.2, -0.15) is 0 Å². The van der Waals surface area contributed by atoms with Crippen LogP contribution in [-0.4, -0.2) is 49.6 Å². The highest BCUT2D eigenvalue weighted by Crippen LogP contribution is 2.25. The van der Waals surface area contributed by atoms with E-state index in [9.17, 15) is 0 Å². The van der Waals surface area contributed by atoms with E-state index in [-0.39, 0.29) is 0 Å². The fourth-order valence-corrected chi connectivity index (χ4v) is 2.80. The summed E-state index contributed by atoms with van der Waals surface area (Å²) >= 11 is 3.63. The minimum absolute atomic E-state index is 0.599. The summed E-state index contributed by atoms with van der Waals surface area (Å²) in [5, 5.41) is 0. The van der Waals surface area contributed by atoms with Crippen LogP contribution in [0.3, 0.4) is 0 Å². The summed E-state index contributed by atoms with van der Waals surface area (Å²) in [6, 6.07) is 6.77. The maximum absolute atomic E-state index is 5.30. The molecule has 0 radical (unpaired) electrons. The lowest BCUT2D eigenvalue weighted by molar-refractivity contribution is 0.0936. The topological polar surface area (TPSA) is 15.7 Å². The van der Waals surface area contributed by atoms with Crippen molar-refractivity contribution in [1.29, 1.82) is 0 Å². The van der Waals surface area contributed by atoms with Crippen molar-refractivity contribution in [3.63, 3.8) is 0 Å². The van der Waals surface area contributed by atoms with Gasteiger partial charge in [-0.05, 0) is 37.7 Å². The van der Waals surface area contributed by atoms with Gasteiger partial charge < -0.3 is 9.64 Å². The fourth-order valence-electron chi connectivity index (χ4n) is 2.43. The second-order valence-electron chi connectivity index (χ2n) is 5.04. The molecule has 4 heteroatoms. The lowest BCUT2D eigenvalue weighted by atomic mass is 10.1. The summed E-state index contributed by atoms with van der Waals surface area (Å²) in [6.45, 7) is 6.69. The number of hydrogen-bond donors (Lipinski definition) is 0. The van der Waals surface area contributed by atoms with Crippen LogP contribution in [0.2, 0.25) is 0 Å². The average Bonchev–Trinajstić information content (AvgIpc) is 2.35. The van der Waals surface area contributed by atoms with Crippen molar-refractivity contribution in [2.75, 3.05) is 33.8 Å². The van der Waals surface area contributed by atoms with E-state index in [1.807, 2.05) is 6.07 Å². The van der Waals surface area contributed by atoms with Crippen LogP contribution < -0.4 is 4.74 Å². The molecule has 0 amide bonds. The second-order valence-corrected chi connectivity index (χ2v) is 5.89. The van der Waals surface area contributed by atoms with E-state index in [1.54, 1.807) is 7.11 Å². The third-order valence-corrected chi connectivity index (χ3v) is 4.37. The molecule has 1 aromatic carbocycles. The molecule has 1 aliphatic heterocycles. The fraction of sp³-hybridized carbons (Fsp3) is 0.571. The first-order chi connectivity index (χ1) is 8.60. The molecule has 0 saturated carbocycles. The molecule has 0 spiro atoms. The van der Waals surface area contributed by atoms with Crippen LogP contribution in [0.4, 0.5) is 0 Å². The summed E-state index contributed by atoms with van der Waals surface area (Å²) in [5.41, 5.74) is 1.30. The third kappa shape index (κ3) is 3.25. The van der Waals surface area contributed by atoms with Gasteiger partial charge in [0.25, 0.3) is 0 Å². The van der Waals surface area contributed by atoms with E-state index in [4.69, 9.17) is 4.74 Å². The Morgan fingerprint density at radius 3 is 2.83 bits per heavy atom. The van der Waals surface area contributed by atoms with E-state index >= 15 is 0 Å². The minimum Gasteiger partial charge on any atom is -0.497 e. The zero-order valence-electron chi connectivity index (χ0n) is 11.3. The molecule has 1 aliphatic rings. The Labute approximate surface area is 118 Å². The smallest absolute Gasteiger partial charge is 0.119 e. The molecule has 1 fully saturated rings. The van der Waals surface area contributed by atoms with Crippen LogP contribution in [0.1, 0.15) is 12.5 Å². The first-order valence-corrected chi connectivity index (χ1v) is 7.14. The Morgan fingerprint density at radius 1 is 1.39 bits per heavy atom. The summed E-state index contributed by atoms with van der Waals surface area (Å²) in [7, 11) is 3.90. The summed E-state index contributed by atoms with van der Waals surface area (Å²) in [4.78, 5) is 4.92. The molecule has 18 heavy (non-hydrogen) atoms. The monoisotopic (exact) mass is 312 g/mol. The van der Waals surface area contributed by atoms with Gasteiger partial charge in [-0.1, -0.05) is 15.9 Å². The second kappa shape index (κ2) is 6.04. The zero-order chi connectivity index (χ0) is 13.1. The molecule has 0 bridgehead atoms. The normalized spacial score (nSPS) is 22.1. The van der Waals surface area contributed by atoms with Crippen LogP contribution in [0.5, 0.6) is 5.75 Å². The molecule has 1 unspecified atom stereocenters. The summed E-state index contributed by atoms with van der Waals surface area (Å²) < 4.78 is 6.46. The van der Waals surface area contributed by atoms with Crippen molar-refractivity contribution in [2.24, 2.45) is 0 Å². The van der Waals surface area contributed by atoms with E-state index in [1.165, 1.54) is 5.56 Å². The first-order valence-electron chi connectivity index (χ1n) is 6.35. The standard InChI is InChI=1S/C14H21BrN2O/c1-11-9-16(2)6-7-17(11)10-12-8-13(18-3)4-5-14(12)15/h4-5,8,11H,6-7,9-10H2,1-3H3. The first kappa shape index (κ1) is 13.8. The molecule has 0 aliphatic carbocycles. The van der Waals surface area contributed by atoms with E-state index in [2.05, 4.69) is 51.8 Å². The molecule has 1 saturated heterocycles. The van der Waals surface area contributed by atoms with Gasteiger partial charge in [-0.25, -0.2) is 0 Å². The van der Waals surface area contributed by atoms with E-state index in [0.717, 1.165) is 36.4 Å². The van der Waals surface area contributed by atoms with Crippen LogP contribution >= 0.6 is 15.9 Å². The van der Waals surface area contributed by atoms with Crippen LogP contribution in [0.25, 0.3) is 0 Å². The van der Waals surface area contributed by atoms with E-state index < -0.39 is 0 Å². The van der Waals surface area contributed by atoms with Gasteiger partial charge in [0.05, 0.1) is 7.11 Å². The van der Waals surface area contributed by atoms with Crippen molar-refractivity contribution in [3.8, 4) is 5.75 Å². The molecule has 2 rings (SSSR count). The number of nitrogens with zero attached hydrogens (tertiary/aromatic N) is 2. The molecule has 0 aromatic heterocycles. The molecule has 3 nitrogen and oxygen atoms in total. The van der Waals surface area contributed by atoms with Crippen molar-refractivity contribution in [2.45, 2.75) is 19.5 Å². The Morgan fingerprint density at radius 2 is 2.17 bits per heavy atom. The number of rotatable bonds is 3. The lowest BCUT2D eigenvalue weighted by Crippen LogP contribution is -2.49. The number of halogens is 1. The molecular formula is C14H21BrN2O. The van der Waals surface area contributed by atoms with Gasteiger partial charge in [0.1, 0.15) is 5.75 Å². The van der Waals surface area contributed by atoms with Gasteiger partial charge in [0, 0.05) is 36.7 Å². The Kier molecular flexibility index (Phi) is 4.65. The highest BCUT2D eigenvalue weighted by molar-refractivity contribution is 9.10. The Hall–Kier alpha value is -0.580. The summed E-state index contributed by atoms with van der Waals surface area (Å²) in [5.74, 6) is 0.926. The SMILES string of the molecule is COc1ccc(Br)c(CN2CCN(C)CC2C)c1. The maximum Gasteiger partial charge on any atom is 0.119 e. The Bertz CT molecular complexity index is 411. The Balaban J connectivity index is 2.08. The van der Waals surface area contributed by atoms with Crippen LogP contribution in [0, 0.1) is 0 Å². The minimum atomic E-state index is 0.599. The number of benzene rings is 1. The zero-order valence-corrected chi connectivity index (χ0v) is 12.9. The number of methoxy groups -OCH3 is 1. The quantitative estimate of drug-likeness (QED) is 0.853. The number of piperazine rings is 1. The largest absolute Gasteiger partial charge is 0.497 e. The molecule has 1 atom stereocenters. The average molecular weight is 313 g/mol. The van der Waals surface area contributed by atoms with Gasteiger partial charge in [0.15, 0.2) is 0 Å². The predicted octanol–water partition coefficient (Wildman–Crippen LogP) is 2.59. The van der Waals surface area contributed by atoms with Crippen LogP contribution in [0.15, 0.2) is 22.7 Å². The van der Waals surface area contributed by atoms with Gasteiger partial charge >= 0.3 is 0 Å². The van der Waals surface area contributed by atoms with Gasteiger partial charge in [0.2, 0.25) is 0 Å². The van der Waals surface area contributed by atoms with Gasteiger partial charge in [-0.3, -0.25) is 4.90 Å². The molecular weight excluding hydrogens is 292 g/mol. The highest BCUT2D eigenvalue weighted by Gasteiger charge is 2.22. The third-order valence-electron chi connectivity index (χ3n) is 3.59. The molecule has 0 N–H and O–H groups in total. The van der Waals surface area contributed by atoms with Crippen molar-refractivity contribution in [1.82, 2.24) is 9.80 Å². The van der Waals surface area contributed by atoms with Crippen molar-refractivity contribution < 1.29 is 4.74 Å². The summed E-state index contributed by atoms with van der Waals surface area (Å²) in [6.07, 6.45) is 0. The molecule has 1 aromatic rings. The van der Waals surface area contributed by atoms with Gasteiger partial charge in [-0.15, -0.1) is 0 Å². The molecule has 1 heterocycles. The molecule has 100 valence electrons. The lowest BCUT2D eigenvalue weighted by Gasteiger charge is -2.38. The van der Waals surface area contributed by atoms with E-state index in [0.29, 0.717) is 6.04 Å². The number of likely N-dealkylation sites (N-methyl/N-ethyl adjacent to an activating group) is 1.